The molecule has 9 heteroatoms. The van der Waals surface area contributed by atoms with Crippen LogP contribution in [0.5, 0.6) is 5.75 Å². The number of anilines is 2. The first-order valence-electron chi connectivity index (χ1n) is 9.63. The third-order valence-corrected chi connectivity index (χ3v) is 6.39. The average Bonchev–Trinajstić information content (AvgIpc) is 3.49. The van der Waals surface area contributed by atoms with Gasteiger partial charge < -0.3 is 15.4 Å². The molecule has 2 aromatic rings. The van der Waals surface area contributed by atoms with Crippen LogP contribution in [0.15, 0.2) is 24.3 Å². The van der Waals surface area contributed by atoms with Crippen LogP contribution in [0.3, 0.4) is 0 Å². The summed E-state index contributed by atoms with van der Waals surface area (Å²) < 4.78 is 7.98. The van der Waals surface area contributed by atoms with E-state index in [-0.39, 0.29) is 11.8 Å². The standard InChI is InChI=1S/C19H25N5O2S2/c1-26-16-5-3-2-4-15(16)21-18-22-24(19(27)28-18)12-23-10-8-14(9-11-23)20-17(25)13-6-7-13/h2-5,13-14H,6-12H2,1H3,(H,20,25)(H,21,22). The minimum absolute atomic E-state index is 0.243. The summed E-state index contributed by atoms with van der Waals surface area (Å²) in [5, 5.41) is 11.9. The van der Waals surface area contributed by atoms with Gasteiger partial charge in [-0.1, -0.05) is 23.5 Å². The number of methoxy groups -OCH3 is 1. The van der Waals surface area contributed by atoms with E-state index in [1.165, 1.54) is 11.3 Å². The van der Waals surface area contributed by atoms with Crippen molar-refractivity contribution in [3.05, 3.63) is 28.2 Å². The van der Waals surface area contributed by atoms with Gasteiger partial charge in [0.15, 0.2) is 3.95 Å². The van der Waals surface area contributed by atoms with E-state index in [2.05, 4.69) is 20.6 Å². The first-order chi connectivity index (χ1) is 13.6. The molecule has 0 bridgehead atoms. The Bertz CT molecular complexity index is 884. The highest BCUT2D eigenvalue weighted by Gasteiger charge is 2.31. The zero-order chi connectivity index (χ0) is 19.5. The Kier molecular flexibility index (Phi) is 5.93. The molecule has 1 aliphatic carbocycles. The van der Waals surface area contributed by atoms with Gasteiger partial charge in [-0.15, -0.1) is 5.10 Å². The normalized spacial score (nSPS) is 18.0. The van der Waals surface area contributed by atoms with Crippen molar-refractivity contribution in [1.82, 2.24) is 20.0 Å². The Morgan fingerprint density at radius 3 is 2.75 bits per heavy atom. The number of likely N-dealkylation sites (tertiary alicyclic amines) is 1. The number of nitrogens with zero attached hydrogens (tertiary/aromatic N) is 3. The molecule has 0 spiro atoms. The van der Waals surface area contributed by atoms with E-state index in [9.17, 15) is 4.79 Å². The van der Waals surface area contributed by atoms with Crippen molar-refractivity contribution in [2.45, 2.75) is 38.4 Å². The summed E-state index contributed by atoms with van der Waals surface area (Å²) in [4.78, 5) is 14.3. The van der Waals surface area contributed by atoms with Crippen LogP contribution in [0.4, 0.5) is 10.8 Å². The molecule has 4 rings (SSSR count). The van der Waals surface area contributed by atoms with Crippen molar-refractivity contribution < 1.29 is 9.53 Å². The highest BCUT2D eigenvalue weighted by molar-refractivity contribution is 7.73. The summed E-state index contributed by atoms with van der Waals surface area (Å²) in [7, 11) is 1.65. The van der Waals surface area contributed by atoms with Crippen molar-refractivity contribution in [1.29, 1.82) is 0 Å². The molecule has 7 nitrogen and oxygen atoms in total. The minimum Gasteiger partial charge on any atom is -0.495 e. The van der Waals surface area contributed by atoms with Crippen LogP contribution in [0, 0.1) is 9.87 Å². The van der Waals surface area contributed by atoms with Crippen LogP contribution < -0.4 is 15.4 Å². The van der Waals surface area contributed by atoms with E-state index in [1.54, 1.807) is 7.11 Å². The molecule has 0 radical (unpaired) electrons. The van der Waals surface area contributed by atoms with Crippen molar-refractivity contribution in [2.24, 2.45) is 5.92 Å². The van der Waals surface area contributed by atoms with Crippen molar-refractivity contribution in [3.8, 4) is 5.75 Å². The van der Waals surface area contributed by atoms with Gasteiger partial charge in [0.25, 0.3) is 0 Å². The lowest BCUT2D eigenvalue weighted by Crippen LogP contribution is -2.45. The Labute approximate surface area is 173 Å². The number of nitrogens with one attached hydrogen (secondary N) is 2. The molecular weight excluding hydrogens is 394 g/mol. The summed E-state index contributed by atoms with van der Waals surface area (Å²) >= 11 is 6.95. The molecule has 150 valence electrons. The van der Waals surface area contributed by atoms with E-state index in [0.29, 0.717) is 12.7 Å². The quantitative estimate of drug-likeness (QED) is 0.671. The fraction of sp³-hybridized carbons (Fsp3) is 0.526. The maximum atomic E-state index is 11.9. The van der Waals surface area contributed by atoms with Gasteiger partial charge in [0.1, 0.15) is 5.75 Å². The molecule has 2 fully saturated rings. The third-order valence-electron chi connectivity index (χ3n) is 5.17. The number of rotatable bonds is 7. The van der Waals surface area contributed by atoms with Crippen LogP contribution in [-0.2, 0) is 11.5 Å². The topological polar surface area (TPSA) is 71.4 Å². The number of amides is 1. The molecule has 0 atom stereocenters. The largest absolute Gasteiger partial charge is 0.495 e. The van der Waals surface area contributed by atoms with E-state index in [0.717, 1.165) is 59.3 Å². The average molecular weight is 420 g/mol. The lowest BCUT2D eigenvalue weighted by atomic mass is 10.1. The van der Waals surface area contributed by atoms with E-state index < -0.39 is 0 Å². The predicted octanol–water partition coefficient (Wildman–Crippen LogP) is 3.37. The second-order valence-electron chi connectivity index (χ2n) is 7.31. The van der Waals surface area contributed by atoms with Gasteiger partial charge in [-0.25, -0.2) is 4.68 Å². The van der Waals surface area contributed by atoms with Crippen LogP contribution in [-0.4, -0.2) is 46.8 Å². The van der Waals surface area contributed by atoms with Crippen LogP contribution in [0.2, 0.25) is 0 Å². The van der Waals surface area contributed by atoms with Crippen molar-refractivity contribution >= 4 is 40.3 Å². The van der Waals surface area contributed by atoms with Crippen LogP contribution in [0.1, 0.15) is 25.7 Å². The number of benzene rings is 1. The van der Waals surface area contributed by atoms with E-state index >= 15 is 0 Å². The van der Waals surface area contributed by atoms with Gasteiger partial charge in [0.2, 0.25) is 11.0 Å². The van der Waals surface area contributed by atoms with E-state index in [4.69, 9.17) is 17.0 Å². The molecule has 1 aromatic heterocycles. The molecule has 28 heavy (non-hydrogen) atoms. The smallest absolute Gasteiger partial charge is 0.223 e. The van der Waals surface area contributed by atoms with Gasteiger partial charge >= 0.3 is 0 Å². The number of hydrogen-bond acceptors (Lipinski definition) is 7. The van der Waals surface area contributed by atoms with Crippen LogP contribution in [0.25, 0.3) is 0 Å². The van der Waals surface area contributed by atoms with Crippen LogP contribution >= 0.6 is 23.6 Å². The lowest BCUT2D eigenvalue weighted by Gasteiger charge is -2.32. The summed E-state index contributed by atoms with van der Waals surface area (Å²) in [6.07, 6.45) is 4.06. The Morgan fingerprint density at radius 1 is 1.29 bits per heavy atom. The number of aromatic nitrogens is 2. The highest BCUT2D eigenvalue weighted by Crippen LogP contribution is 2.30. The summed E-state index contributed by atoms with van der Waals surface area (Å²) in [5.74, 6) is 1.29. The molecule has 2 N–H and O–H groups in total. The second kappa shape index (κ2) is 8.59. The first-order valence-corrected chi connectivity index (χ1v) is 10.9. The number of hydrogen-bond donors (Lipinski definition) is 2. The van der Waals surface area contributed by atoms with Crippen molar-refractivity contribution in [3.63, 3.8) is 0 Å². The zero-order valence-electron chi connectivity index (χ0n) is 15.9. The van der Waals surface area contributed by atoms with Gasteiger partial charge in [-0.05, 0) is 50.0 Å². The van der Waals surface area contributed by atoms with Gasteiger partial charge in [0, 0.05) is 25.0 Å². The van der Waals surface area contributed by atoms with Crippen molar-refractivity contribution in [2.75, 3.05) is 25.5 Å². The lowest BCUT2D eigenvalue weighted by molar-refractivity contribution is -0.123. The fourth-order valence-electron chi connectivity index (χ4n) is 3.38. The second-order valence-corrected chi connectivity index (χ2v) is 8.94. The number of piperidine rings is 1. The van der Waals surface area contributed by atoms with Gasteiger partial charge in [0.05, 0.1) is 19.5 Å². The van der Waals surface area contributed by atoms with Gasteiger partial charge in [-0.3, -0.25) is 9.69 Å². The number of para-hydroxylation sites is 2. The Hall–Kier alpha value is -1.97. The predicted molar refractivity (Wildman–Crippen MR) is 113 cm³/mol. The molecule has 1 amide bonds. The molecular formula is C19H25N5O2S2. The molecule has 0 unspecified atom stereocenters. The Morgan fingerprint density at radius 2 is 2.04 bits per heavy atom. The molecule has 1 aliphatic heterocycles. The maximum Gasteiger partial charge on any atom is 0.223 e. The maximum absolute atomic E-state index is 11.9. The fourth-order valence-corrected chi connectivity index (χ4v) is 4.39. The SMILES string of the molecule is COc1ccccc1Nc1nn(CN2CCC(NC(=O)C3CC3)CC2)c(=S)s1. The monoisotopic (exact) mass is 419 g/mol. The molecule has 1 saturated heterocycles. The number of carbonyl (C=O) groups excluding carboxylic acids is 1. The molecule has 1 aromatic carbocycles. The van der Waals surface area contributed by atoms with E-state index in [1.807, 2.05) is 28.9 Å². The zero-order valence-corrected chi connectivity index (χ0v) is 17.5. The van der Waals surface area contributed by atoms with Gasteiger partial charge in [-0.2, -0.15) is 0 Å². The summed E-state index contributed by atoms with van der Waals surface area (Å²) in [6, 6.07) is 8.05. The number of ether oxygens (including phenoxy) is 1. The first kappa shape index (κ1) is 19.4. The third kappa shape index (κ3) is 4.71. The minimum atomic E-state index is 0.243. The highest BCUT2D eigenvalue weighted by atomic mass is 32.1. The molecule has 2 aliphatic rings. The Balaban J connectivity index is 1.32. The summed E-state index contributed by atoms with van der Waals surface area (Å²) in [6.45, 7) is 2.54. The molecule has 2 heterocycles. The summed E-state index contributed by atoms with van der Waals surface area (Å²) in [5.41, 5.74) is 0.869. The molecule has 1 saturated carbocycles. The number of carbonyl (C=O) groups is 1.